The fourth-order valence-electron chi connectivity index (χ4n) is 2.39. The Bertz CT molecular complexity index is 831. The summed E-state index contributed by atoms with van der Waals surface area (Å²) < 4.78 is 36.4. The van der Waals surface area contributed by atoms with Crippen LogP contribution in [0.25, 0.3) is 0 Å². The summed E-state index contributed by atoms with van der Waals surface area (Å²) in [5, 5.41) is 2.61. The summed E-state index contributed by atoms with van der Waals surface area (Å²) >= 11 is 0. The van der Waals surface area contributed by atoms with Crippen LogP contribution in [0, 0.1) is 0 Å². The Morgan fingerprint density at radius 1 is 1.00 bits per heavy atom. The summed E-state index contributed by atoms with van der Waals surface area (Å²) in [6.07, 6.45) is 0. The summed E-state index contributed by atoms with van der Waals surface area (Å²) in [5.74, 6) is 0.01000. The van der Waals surface area contributed by atoms with Crippen molar-refractivity contribution in [1.82, 2.24) is 5.32 Å². The predicted molar refractivity (Wildman–Crippen MR) is 101 cm³/mol. The minimum atomic E-state index is -3.57. The number of anilines is 1. The molecule has 0 radical (unpaired) electrons. The van der Waals surface area contributed by atoms with Crippen LogP contribution in [0.3, 0.4) is 0 Å². The van der Waals surface area contributed by atoms with Crippen LogP contribution < -0.4 is 19.1 Å². The Morgan fingerprint density at radius 2 is 1.58 bits per heavy atom. The van der Waals surface area contributed by atoms with E-state index in [1.165, 1.54) is 25.6 Å². The van der Waals surface area contributed by atoms with Gasteiger partial charge in [-0.3, -0.25) is 9.10 Å². The number of hydrogen-bond acceptors (Lipinski definition) is 5. The van der Waals surface area contributed by atoms with Gasteiger partial charge in [0.1, 0.15) is 17.1 Å². The first kappa shape index (κ1) is 19.6. The van der Waals surface area contributed by atoms with E-state index in [0.717, 1.165) is 0 Å². The molecule has 0 aromatic heterocycles. The van der Waals surface area contributed by atoms with Gasteiger partial charge in [0, 0.05) is 13.6 Å². The van der Waals surface area contributed by atoms with Gasteiger partial charge in [-0.15, -0.1) is 0 Å². The molecule has 0 atom stereocenters. The zero-order valence-corrected chi connectivity index (χ0v) is 15.7. The van der Waals surface area contributed by atoms with Gasteiger partial charge in [-0.05, 0) is 24.3 Å². The van der Waals surface area contributed by atoms with E-state index < -0.39 is 15.9 Å². The zero-order valence-electron chi connectivity index (χ0n) is 14.9. The molecule has 2 aromatic rings. The molecule has 0 fully saturated rings. The van der Waals surface area contributed by atoms with E-state index in [-0.39, 0.29) is 17.9 Å². The fourth-order valence-corrected chi connectivity index (χ4v) is 3.47. The zero-order chi connectivity index (χ0) is 19.2. The number of nitrogens with zero attached hydrogens (tertiary/aromatic N) is 1. The SMILES string of the molecule is COc1cccc(OC)c1C(=O)NCCS(=O)(=O)N(C)c1ccccc1. The average Bonchev–Trinajstić information content (AvgIpc) is 2.66. The molecule has 0 saturated heterocycles. The van der Waals surface area contributed by atoms with Crippen molar-refractivity contribution in [2.75, 3.05) is 37.9 Å². The normalized spacial score (nSPS) is 10.9. The highest BCUT2D eigenvalue weighted by Crippen LogP contribution is 2.27. The van der Waals surface area contributed by atoms with Gasteiger partial charge in [0.2, 0.25) is 10.0 Å². The van der Waals surface area contributed by atoms with Crippen molar-refractivity contribution in [3.8, 4) is 11.5 Å². The van der Waals surface area contributed by atoms with Crippen LogP contribution in [0.2, 0.25) is 0 Å². The van der Waals surface area contributed by atoms with Crippen LogP contribution in [0.15, 0.2) is 48.5 Å². The maximum atomic E-state index is 12.5. The molecular formula is C18H22N2O5S. The van der Waals surface area contributed by atoms with Crippen molar-refractivity contribution >= 4 is 21.6 Å². The molecule has 26 heavy (non-hydrogen) atoms. The molecule has 1 amide bonds. The molecule has 0 aliphatic carbocycles. The van der Waals surface area contributed by atoms with Crippen molar-refractivity contribution in [3.05, 3.63) is 54.1 Å². The second-order valence-corrected chi connectivity index (χ2v) is 7.53. The van der Waals surface area contributed by atoms with Gasteiger partial charge in [0.05, 0.1) is 25.7 Å². The second-order valence-electron chi connectivity index (χ2n) is 5.41. The van der Waals surface area contributed by atoms with Gasteiger partial charge in [0.25, 0.3) is 5.91 Å². The van der Waals surface area contributed by atoms with Crippen LogP contribution in [0.4, 0.5) is 5.69 Å². The molecule has 1 N–H and O–H groups in total. The quantitative estimate of drug-likeness (QED) is 0.758. The first-order valence-corrected chi connectivity index (χ1v) is 9.52. The van der Waals surface area contributed by atoms with Crippen molar-refractivity contribution < 1.29 is 22.7 Å². The number of para-hydroxylation sites is 1. The second kappa shape index (κ2) is 8.57. The van der Waals surface area contributed by atoms with Crippen LogP contribution in [0.1, 0.15) is 10.4 Å². The number of benzene rings is 2. The first-order valence-electron chi connectivity index (χ1n) is 7.91. The van der Waals surface area contributed by atoms with Gasteiger partial charge in [0.15, 0.2) is 0 Å². The van der Waals surface area contributed by atoms with Crippen LogP contribution in [0.5, 0.6) is 11.5 Å². The Morgan fingerprint density at radius 3 is 2.12 bits per heavy atom. The van der Waals surface area contributed by atoms with Crippen LogP contribution in [-0.4, -0.2) is 47.9 Å². The molecule has 0 saturated carbocycles. The van der Waals surface area contributed by atoms with E-state index in [0.29, 0.717) is 17.2 Å². The number of carbonyl (C=O) groups excluding carboxylic acids is 1. The molecule has 0 aliphatic rings. The first-order chi connectivity index (χ1) is 12.4. The van der Waals surface area contributed by atoms with E-state index in [9.17, 15) is 13.2 Å². The lowest BCUT2D eigenvalue weighted by atomic mass is 10.1. The van der Waals surface area contributed by atoms with E-state index in [4.69, 9.17) is 9.47 Å². The minimum absolute atomic E-state index is 0.0421. The minimum Gasteiger partial charge on any atom is -0.496 e. The van der Waals surface area contributed by atoms with Crippen molar-refractivity contribution in [1.29, 1.82) is 0 Å². The number of rotatable bonds is 8. The molecule has 0 spiro atoms. The molecule has 2 rings (SSSR count). The molecule has 0 bridgehead atoms. The van der Waals surface area contributed by atoms with Crippen molar-refractivity contribution in [2.45, 2.75) is 0 Å². The smallest absolute Gasteiger partial charge is 0.258 e. The van der Waals surface area contributed by atoms with Gasteiger partial charge in [-0.25, -0.2) is 8.42 Å². The Hall–Kier alpha value is -2.74. The summed E-state index contributed by atoms with van der Waals surface area (Å²) in [7, 11) is 0.814. The molecule has 140 valence electrons. The summed E-state index contributed by atoms with van der Waals surface area (Å²) in [5.41, 5.74) is 0.788. The number of ether oxygens (including phenoxy) is 2. The van der Waals surface area contributed by atoms with Gasteiger partial charge in [-0.2, -0.15) is 0 Å². The monoisotopic (exact) mass is 378 g/mol. The number of carbonyl (C=O) groups is 1. The maximum absolute atomic E-state index is 12.5. The number of sulfonamides is 1. The molecular weight excluding hydrogens is 356 g/mol. The highest BCUT2D eigenvalue weighted by atomic mass is 32.2. The van der Waals surface area contributed by atoms with Gasteiger partial charge < -0.3 is 14.8 Å². The van der Waals surface area contributed by atoms with Crippen LogP contribution in [-0.2, 0) is 10.0 Å². The van der Waals surface area contributed by atoms with Crippen LogP contribution >= 0.6 is 0 Å². The van der Waals surface area contributed by atoms with E-state index >= 15 is 0 Å². The molecule has 8 heteroatoms. The topological polar surface area (TPSA) is 84.9 Å². The summed E-state index contributed by atoms with van der Waals surface area (Å²) in [4.78, 5) is 12.5. The third kappa shape index (κ3) is 4.45. The Balaban J connectivity index is 2.05. The summed E-state index contributed by atoms with van der Waals surface area (Å²) in [6.45, 7) is -0.0421. The van der Waals surface area contributed by atoms with Crippen molar-refractivity contribution in [3.63, 3.8) is 0 Å². The lowest BCUT2D eigenvalue weighted by molar-refractivity contribution is 0.0950. The predicted octanol–water partition coefficient (Wildman–Crippen LogP) is 1.90. The highest BCUT2D eigenvalue weighted by molar-refractivity contribution is 7.92. The molecule has 0 aliphatic heterocycles. The maximum Gasteiger partial charge on any atom is 0.258 e. The van der Waals surface area contributed by atoms with Crippen molar-refractivity contribution in [2.24, 2.45) is 0 Å². The lowest BCUT2D eigenvalue weighted by Gasteiger charge is -2.19. The lowest BCUT2D eigenvalue weighted by Crippen LogP contribution is -2.35. The molecule has 7 nitrogen and oxygen atoms in total. The van der Waals surface area contributed by atoms with E-state index in [2.05, 4.69) is 5.32 Å². The molecule has 0 heterocycles. The Kier molecular flexibility index (Phi) is 6.46. The third-order valence-electron chi connectivity index (χ3n) is 3.84. The van der Waals surface area contributed by atoms with Gasteiger partial charge >= 0.3 is 0 Å². The number of hydrogen-bond donors (Lipinski definition) is 1. The number of amides is 1. The standard InChI is InChI=1S/C18H22N2O5S/c1-20(14-8-5-4-6-9-14)26(22,23)13-12-19-18(21)17-15(24-2)10-7-11-16(17)25-3/h4-11H,12-13H2,1-3H3,(H,19,21). The van der Waals surface area contributed by atoms with E-state index in [1.54, 1.807) is 42.5 Å². The molecule has 0 unspecified atom stereocenters. The molecule has 2 aromatic carbocycles. The third-order valence-corrected chi connectivity index (χ3v) is 5.60. The highest BCUT2D eigenvalue weighted by Gasteiger charge is 2.21. The Labute approximate surface area is 153 Å². The average molecular weight is 378 g/mol. The fraction of sp³-hybridized carbons (Fsp3) is 0.278. The number of nitrogens with one attached hydrogen (secondary N) is 1. The summed E-state index contributed by atoms with van der Waals surface area (Å²) in [6, 6.07) is 13.7. The van der Waals surface area contributed by atoms with Gasteiger partial charge in [-0.1, -0.05) is 24.3 Å². The largest absolute Gasteiger partial charge is 0.496 e. The van der Waals surface area contributed by atoms with E-state index in [1.807, 2.05) is 6.07 Å². The number of methoxy groups -OCH3 is 2.